The molecule has 0 bridgehead atoms. The SMILES string of the molecule is CC(C#N)(CCC(=O)O)SSSSSSSSC(=O)c1ccccc1. The van der Waals surface area contributed by atoms with Crippen LogP contribution in [0.3, 0.4) is 0 Å². The summed E-state index contributed by atoms with van der Waals surface area (Å²) in [5.74, 6) is -0.888. The van der Waals surface area contributed by atoms with Gasteiger partial charge in [-0.25, -0.2) is 0 Å². The van der Waals surface area contributed by atoms with Crippen LogP contribution >= 0.6 is 80.5 Å². The summed E-state index contributed by atoms with van der Waals surface area (Å²) < 4.78 is -0.707. The Morgan fingerprint density at radius 1 is 1.08 bits per heavy atom. The fraction of sp³-hybridized carbons (Fsp3) is 0.308. The molecule has 4 nitrogen and oxygen atoms in total. The van der Waals surface area contributed by atoms with E-state index >= 15 is 0 Å². The molecule has 1 aromatic carbocycles. The molecule has 1 unspecified atom stereocenters. The average Bonchev–Trinajstić information content (AvgIpc) is 2.62. The summed E-state index contributed by atoms with van der Waals surface area (Å²) in [4.78, 5) is 22.5. The van der Waals surface area contributed by atoms with Crippen LogP contribution in [0.25, 0.3) is 0 Å². The van der Waals surface area contributed by atoms with Crippen LogP contribution in [0.2, 0.25) is 0 Å². The smallest absolute Gasteiger partial charge is 0.303 e. The molecule has 1 N–H and O–H groups in total. The lowest BCUT2D eigenvalue weighted by Gasteiger charge is -2.17. The fourth-order valence-electron chi connectivity index (χ4n) is 1.26. The van der Waals surface area contributed by atoms with E-state index in [-0.39, 0.29) is 11.5 Å². The predicted molar refractivity (Wildman–Crippen MR) is 122 cm³/mol. The third kappa shape index (κ3) is 11.2. The van der Waals surface area contributed by atoms with Crippen LogP contribution in [0.15, 0.2) is 30.3 Å². The molecular weight excluding hydrogens is 475 g/mol. The molecule has 1 rings (SSSR count). The molecular formula is C13H13NO3S8. The van der Waals surface area contributed by atoms with E-state index in [1.807, 2.05) is 18.2 Å². The monoisotopic (exact) mass is 487 g/mol. The van der Waals surface area contributed by atoms with Crippen molar-refractivity contribution in [3.63, 3.8) is 0 Å². The molecule has 0 fully saturated rings. The van der Waals surface area contributed by atoms with Gasteiger partial charge in [0.1, 0.15) is 4.75 Å². The van der Waals surface area contributed by atoms with Crippen molar-refractivity contribution in [2.75, 3.05) is 0 Å². The van der Waals surface area contributed by atoms with E-state index in [0.29, 0.717) is 12.0 Å². The van der Waals surface area contributed by atoms with E-state index in [2.05, 4.69) is 6.07 Å². The Balaban J connectivity index is 2.07. The van der Waals surface area contributed by atoms with Crippen molar-refractivity contribution in [3.8, 4) is 6.07 Å². The maximum Gasteiger partial charge on any atom is 0.303 e. The van der Waals surface area contributed by atoms with Crippen LogP contribution in [-0.4, -0.2) is 20.9 Å². The fourth-order valence-corrected chi connectivity index (χ4v) is 18.3. The summed E-state index contributed by atoms with van der Waals surface area (Å²) in [7, 11) is 11.6. The van der Waals surface area contributed by atoms with Crippen molar-refractivity contribution >= 4 is 91.6 Å². The third-order valence-electron chi connectivity index (χ3n) is 2.53. The lowest BCUT2D eigenvalue weighted by atomic mass is 10.1. The largest absolute Gasteiger partial charge is 0.481 e. The van der Waals surface area contributed by atoms with Crippen LogP contribution in [0.4, 0.5) is 0 Å². The number of nitrogens with zero attached hydrogens (tertiary/aromatic N) is 1. The molecule has 1 atom stereocenters. The minimum absolute atomic E-state index is 0.0106. The molecule has 0 aliphatic rings. The normalized spacial score (nSPS) is 13.0. The molecule has 0 saturated carbocycles. The molecule has 0 aliphatic carbocycles. The van der Waals surface area contributed by atoms with Gasteiger partial charge in [0.25, 0.3) is 0 Å². The highest BCUT2D eigenvalue weighted by molar-refractivity contribution is 9.49. The number of aliphatic carboxylic acids is 1. The van der Waals surface area contributed by atoms with Crippen LogP contribution in [-0.2, 0) is 4.79 Å². The summed E-state index contributed by atoms with van der Waals surface area (Å²) >= 11 is 0. The van der Waals surface area contributed by atoms with E-state index < -0.39 is 10.7 Å². The van der Waals surface area contributed by atoms with Crippen molar-refractivity contribution in [2.24, 2.45) is 0 Å². The Kier molecular flexibility index (Phi) is 13.0. The van der Waals surface area contributed by atoms with E-state index in [9.17, 15) is 14.9 Å². The number of hydrogen-bond acceptors (Lipinski definition) is 11. The zero-order valence-electron chi connectivity index (χ0n) is 12.8. The van der Waals surface area contributed by atoms with Gasteiger partial charge in [-0.15, -0.1) is 0 Å². The maximum atomic E-state index is 11.9. The minimum atomic E-state index is -0.888. The first-order chi connectivity index (χ1) is 12.0. The summed E-state index contributed by atoms with van der Waals surface area (Å²) in [6.07, 6.45) is 0.307. The van der Waals surface area contributed by atoms with Gasteiger partial charge in [-0.2, -0.15) is 5.26 Å². The van der Waals surface area contributed by atoms with Gasteiger partial charge < -0.3 is 5.11 Å². The Bertz CT molecular complexity index is 597. The molecule has 0 radical (unpaired) electrons. The van der Waals surface area contributed by atoms with Gasteiger partial charge in [-0.3, -0.25) is 9.59 Å². The molecule has 0 aliphatic heterocycles. The number of benzene rings is 1. The number of carboxylic acid groups (broad SMARTS) is 1. The predicted octanol–water partition coefficient (Wildman–Crippen LogP) is 7.24. The molecule has 12 heteroatoms. The number of carboxylic acids is 1. The number of rotatable bonds is 12. The summed E-state index contributed by atoms with van der Waals surface area (Å²) in [5, 5.41) is 17.9. The van der Waals surface area contributed by atoms with Crippen molar-refractivity contribution in [3.05, 3.63) is 35.9 Å². The second-order valence-electron chi connectivity index (χ2n) is 4.46. The second-order valence-corrected chi connectivity index (χ2v) is 17.7. The van der Waals surface area contributed by atoms with Crippen LogP contribution < -0.4 is 0 Å². The summed E-state index contributed by atoms with van der Waals surface area (Å²) in [6.45, 7) is 1.75. The Labute approximate surface area is 176 Å². The standard InChI is InChI=1S/C13H13NO3S8/c1-13(9-14,8-7-11(15)16)19-21-23-25-24-22-20-18-12(17)10-5-3-2-4-6-10/h2-6H,7-8H2,1H3,(H,15,16). The number of hydrogen-bond donors (Lipinski definition) is 1. The molecule has 0 amide bonds. The number of carbonyl (C=O) groups is 2. The maximum absolute atomic E-state index is 11.9. The minimum Gasteiger partial charge on any atom is -0.481 e. The Morgan fingerprint density at radius 2 is 1.68 bits per heavy atom. The quantitative estimate of drug-likeness (QED) is 0.238. The molecule has 0 heterocycles. The highest BCUT2D eigenvalue weighted by Gasteiger charge is 2.26. The van der Waals surface area contributed by atoms with Gasteiger partial charge in [-0.05, 0) is 83.1 Å². The van der Waals surface area contributed by atoms with E-state index in [4.69, 9.17) is 5.11 Å². The van der Waals surface area contributed by atoms with E-state index in [1.165, 1.54) is 60.9 Å². The average molecular weight is 488 g/mol. The van der Waals surface area contributed by atoms with Crippen LogP contribution in [0.5, 0.6) is 0 Å². The lowest BCUT2D eigenvalue weighted by molar-refractivity contribution is -0.137. The van der Waals surface area contributed by atoms with Crippen molar-refractivity contribution < 1.29 is 14.7 Å². The number of nitriles is 1. The van der Waals surface area contributed by atoms with Gasteiger partial charge in [0, 0.05) is 12.0 Å². The Hall–Kier alpha value is 0.650. The van der Waals surface area contributed by atoms with Crippen molar-refractivity contribution in [1.29, 1.82) is 5.26 Å². The molecule has 0 aromatic heterocycles. The first-order valence-electron chi connectivity index (χ1n) is 6.55. The zero-order valence-corrected chi connectivity index (χ0v) is 19.3. The topological polar surface area (TPSA) is 78.2 Å². The van der Waals surface area contributed by atoms with Gasteiger partial charge in [0.2, 0.25) is 5.12 Å². The van der Waals surface area contributed by atoms with E-state index in [0.717, 1.165) is 0 Å². The summed E-state index contributed by atoms with van der Waals surface area (Å²) in [6, 6.07) is 11.3. The molecule has 25 heavy (non-hydrogen) atoms. The molecule has 136 valence electrons. The first kappa shape index (κ1) is 23.7. The Morgan fingerprint density at radius 3 is 2.28 bits per heavy atom. The zero-order chi connectivity index (χ0) is 18.5. The van der Waals surface area contributed by atoms with Gasteiger partial charge >= 0.3 is 5.97 Å². The third-order valence-corrected chi connectivity index (χ3v) is 18.0. The molecule has 0 saturated heterocycles. The van der Waals surface area contributed by atoms with Gasteiger partial charge in [0.15, 0.2) is 0 Å². The van der Waals surface area contributed by atoms with Crippen LogP contribution in [0, 0.1) is 11.3 Å². The van der Waals surface area contributed by atoms with Crippen LogP contribution in [0.1, 0.15) is 30.1 Å². The highest BCUT2D eigenvalue weighted by Crippen LogP contribution is 2.59. The lowest BCUT2D eigenvalue weighted by Crippen LogP contribution is -2.17. The highest BCUT2D eigenvalue weighted by atomic mass is 34.0. The van der Waals surface area contributed by atoms with Gasteiger partial charge in [0.05, 0.1) is 6.07 Å². The van der Waals surface area contributed by atoms with Crippen molar-refractivity contribution in [1.82, 2.24) is 0 Å². The van der Waals surface area contributed by atoms with Gasteiger partial charge in [-0.1, -0.05) is 41.1 Å². The first-order valence-corrected chi connectivity index (χ1v) is 16.7. The van der Waals surface area contributed by atoms with E-state index in [1.54, 1.807) is 38.7 Å². The number of carbonyl (C=O) groups excluding carboxylic acids is 1. The second kappa shape index (κ2) is 13.8. The molecule has 1 aromatic rings. The summed E-state index contributed by atoms with van der Waals surface area (Å²) in [5.41, 5.74) is 0.691. The molecule has 0 spiro atoms. The van der Waals surface area contributed by atoms with Crippen molar-refractivity contribution in [2.45, 2.75) is 24.5 Å².